The number of aromatic nitrogens is 1. The third kappa shape index (κ3) is 2.98. The molecule has 0 N–H and O–H groups in total. The molecule has 0 radical (unpaired) electrons. The maximum absolute atomic E-state index is 12.8. The lowest BCUT2D eigenvalue weighted by Gasteiger charge is -2.32. The Labute approximate surface area is 153 Å². The summed E-state index contributed by atoms with van der Waals surface area (Å²) in [7, 11) is 0. The van der Waals surface area contributed by atoms with Crippen molar-refractivity contribution in [2.24, 2.45) is 0 Å². The summed E-state index contributed by atoms with van der Waals surface area (Å²) in [6.45, 7) is 1.57. The molecule has 1 fully saturated rings. The van der Waals surface area contributed by atoms with E-state index in [2.05, 4.69) is 28.1 Å². The minimum absolute atomic E-state index is 0.105. The van der Waals surface area contributed by atoms with Gasteiger partial charge in [-0.25, -0.2) is 4.98 Å². The van der Waals surface area contributed by atoms with Gasteiger partial charge in [-0.2, -0.15) is 0 Å². The van der Waals surface area contributed by atoms with Crippen LogP contribution < -0.4 is 0 Å². The molecule has 0 aliphatic carbocycles. The van der Waals surface area contributed by atoms with Crippen molar-refractivity contribution in [3.63, 3.8) is 0 Å². The second kappa shape index (κ2) is 6.65. The Hall–Kier alpha value is -1.72. The van der Waals surface area contributed by atoms with Crippen LogP contribution in [0.3, 0.4) is 0 Å². The summed E-state index contributed by atoms with van der Waals surface area (Å²) in [5.74, 6) is 0.441. The Morgan fingerprint density at radius 2 is 1.96 bits per heavy atom. The van der Waals surface area contributed by atoms with Gasteiger partial charge in [-0.15, -0.1) is 11.3 Å². The van der Waals surface area contributed by atoms with E-state index in [1.165, 1.54) is 4.70 Å². The first-order chi connectivity index (χ1) is 11.7. The average molecular weight is 401 g/mol. The Bertz CT molecular complexity index is 859. The normalized spacial score (nSPS) is 18.0. The molecule has 1 atom stereocenters. The van der Waals surface area contributed by atoms with Crippen LogP contribution in [-0.2, 0) is 0 Å². The molecule has 1 aliphatic heterocycles. The van der Waals surface area contributed by atoms with Crippen LogP contribution in [0.1, 0.15) is 34.1 Å². The summed E-state index contributed by atoms with van der Waals surface area (Å²) in [5.41, 5.74) is 1.80. The summed E-state index contributed by atoms with van der Waals surface area (Å²) in [6.07, 6.45) is 2.12. The number of halogens is 1. The molecule has 3 nitrogen and oxygen atoms in total. The fraction of sp³-hybridized carbons (Fsp3) is 0.263. The number of thiazole rings is 1. The van der Waals surface area contributed by atoms with Crippen molar-refractivity contribution in [3.05, 3.63) is 63.6 Å². The zero-order valence-corrected chi connectivity index (χ0v) is 15.5. The molecule has 1 unspecified atom stereocenters. The Morgan fingerprint density at radius 1 is 1.17 bits per heavy atom. The topological polar surface area (TPSA) is 33.2 Å². The fourth-order valence-electron chi connectivity index (χ4n) is 3.23. The molecule has 4 rings (SSSR count). The number of piperidine rings is 1. The Morgan fingerprint density at radius 3 is 2.79 bits per heavy atom. The number of benzene rings is 2. The maximum atomic E-state index is 12.8. The van der Waals surface area contributed by atoms with Gasteiger partial charge in [-0.3, -0.25) is 4.79 Å². The number of carbonyl (C=O) groups excluding carboxylic acids is 1. The quantitative estimate of drug-likeness (QED) is 0.600. The van der Waals surface area contributed by atoms with Crippen LogP contribution in [0.4, 0.5) is 0 Å². The van der Waals surface area contributed by atoms with E-state index in [1.54, 1.807) is 11.3 Å². The highest BCUT2D eigenvalue weighted by atomic mass is 79.9. The maximum Gasteiger partial charge on any atom is 0.255 e. The molecule has 3 aromatic rings. The molecular formula is C19H17BrN2OS. The van der Waals surface area contributed by atoms with Crippen LogP contribution in [0.2, 0.25) is 0 Å². The van der Waals surface area contributed by atoms with Gasteiger partial charge in [0.2, 0.25) is 0 Å². The lowest BCUT2D eigenvalue weighted by molar-refractivity contribution is 0.0706. The number of amides is 1. The third-order valence-electron chi connectivity index (χ3n) is 4.47. The van der Waals surface area contributed by atoms with Crippen molar-refractivity contribution in [1.29, 1.82) is 0 Å². The molecule has 122 valence electrons. The van der Waals surface area contributed by atoms with E-state index in [-0.39, 0.29) is 5.91 Å². The van der Waals surface area contributed by atoms with E-state index in [0.29, 0.717) is 5.92 Å². The van der Waals surface area contributed by atoms with Crippen LogP contribution in [-0.4, -0.2) is 28.9 Å². The molecule has 1 aromatic heterocycles. The van der Waals surface area contributed by atoms with Crippen molar-refractivity contribution in [2.75, 3.05) is 13.1 Å². The SMILES string of the molecule is O=C(c1ccccc1Br)N1CCCC(c2nc3ccccc3s2)C1. The van der Waals surface area contributed by atoms with Gasteiger partial charge in [0.25, 0.3) is 5.91 Å². The van der Waals surface area contributed by atoms with Gasteiger partial charge in [0.15, 0.2) is 0 Å². The number of fused-ring (bicyclic) bond motifs is 1. The highest BCUT2D eigenvalue weighted by molar-refractivity contribution is 9.10. The summed E-state index contributed by atoms with van der Waals surface area (Å²) < 4.78 is 2.08. The standard InChI is InChI=1S/C19H17BrN2OS/c20-15-8-2-1-7-14(15)19(23)22-11-5-6-13(12-22)18-21-16-9-3-4-10-17(16)24-18/h1-4,7-10,13H,5-6,11-12H2. The van der Waals surface area contributed by atoms with E-state index in [4.69, 9.17) is 4.98 Å². The predicted molar refractivity (Wildman–Crippen MR) is 102 cm³/mol. The van der Waals surface area contributed by atoms with Crippen molar-refractivity contribution in [1.82, 2.24) is 9.88 Å². The minimum atomic E-state index is 0.105. The number of nitrogens with zero attached hydrogens (tertiary/aromatic N) is 2. The predicted octanol–water partition coefficient (Wildman–Crippen LogP) is 5.08. The molecule has 1 aliphatic rings. The first-order valence-electron chi connectivity index (χ1n) is 8.11. The molecule has 0 bridgehead atoms. The van der Waals surface area contributed by atoms with E-state index in [9.17, 15) is 4.79 Å². The molecule has 1 saturated heterocycles. The first-order valence-corrected chi connectivity index (χ1v) is 9.72. The first kappa shape index (κ1) is 15.8. The second-order valence-electron chi connectivity index (χ2n) is 6.09. The minimum Gasteiger partial charge on any atom is -0.338 e. The zero-order chi connectivity index (χ0) is 16.5. The van der Waals surface area contributed by atoms with Gasteiger partial charge in [0, 0.05) is 23.5 Å². The fourth-order valence-corrected chi connectivity index (χ4v) is 4.78. The van der Waals surface area contributed by atoms with E-state index >= 15 is 0 Å². The van der Waals surface area contributed by atoms with Crippen LogP contribution >= 0.6 is 27.3 Å². The molecule has 0 spiro atoms. The van der Waals surface area contributed by atoms with Gasteiger partial charge >= 0.3 is 0 Å². The summed E-state index contributed by atoms with van der Waals surface area (Å²) in [4.78, 5) is 19.6. The van der Waals surface area contributed by atoms with Gasteiger partial charge < -0.3 is 4.90 Å². The largest absolute Gasteiger partial charge is 0.338 e. The summed E-state index contributed by atoms with van der Waals surface area (Å²) in [5, 5.41) is 1.15. The van der Waals surface area contributed by atoms with Crippen LogP contribution in [0.15, 0.2) is 53.0 Å². The molecular weight excluding hydrogens is 384 g/mol. The molecule has 2 heterocycles. The van der Waals surface area contributed by atoms with Crippen LogP contribution in [0.25, 0.3) is 10.2 Å². The van der Waals surface area contributed by atoms with E-state index in [1.807, 2.05) is 41.3 Å². The van der Waals surface area contributed by atoms with Gasteiger partial charge in [0.05, 0.1) is 20.8 Å². The number of carbonyl (C=O) groups is 1. The Balaban J connectivity index is 1.57. The van der Waals surface area contributed by atoms with E-state index in [0.717, 1.165) is 46.5 Å². The molecule has 2 aromatic carbocycles. The lowest BCUT2D eigenvalue weighted by atomic mass is 9.98. The second-order valence-corrected chi connectivity index (χ2v) is 8.01. The van der Waals surface area contributed by atoms with Crippen molar-refractivity contribution < 1.29 is 4.79 Å². The molecule has 24 heavy (non-hydrogen) atoms. The third-order valence-corrected chi connectivity index (χ3v) is 6.36. The smallest absolute Gasteiger partial charge is 0.255 e. The highest BCUT2D eigenvalue weighted by Gasteiger charge is 2.28. The molecule has 1 amide bonds. The summed E-state index contributed by atoms with van der Waals surface area (Å²) in [6, 6.07) is 15.9. The zero-order valence-electron chi connectivity index (χ0n) is 13.1. The molecule has 0 saturated carbocycles. The van der Waals surface area contributed by atoms with Gasteiger partial charge in [-0.1, -0.05) is 24.3 Å². The highest BCUT2D eigenvalue weighted by Crippen LogP contribution is 2.33. The number of likely N-dealkylation sites (tertiary alicyclic amines) is 1. The number of rotatable bonds is 2. The van der Waals surface area contributed by atoms with Crippen LogP contribution in [0.5, 0.6) is 0 Å². The number of hydrogen-bond donors (Lipinski definition) is 0. The van der Waals surface area contributed by atoms with Crippen molar-refractivity contribution >= 4 is 43.4 Å². The number of hydrogen-bond acceptors (Lipinski definition) is 3. The van der Waals surface area contributed by atoms with E-state index < -0.39 is 0 Å². The van der Waals surface area contributed by atoms with Crippen LogP contribution in [0, 0.1) is 0 Å². The van der Waals surface area contributed by atoms with Gasteiger partial charge in [-0.05, 0) is 53.0 Å². The Kier molecular flexibility index (Phi) is 4.37. The monoisotopic (exact) mass is 400 g/mol. The number of para-hydroxylation sites is 1. The van der Waals surface area contributed by atoms with Gasteiger partial charge in [0.1, 0.15) is 0 Å². The lowest BCUT2D eigenvalue weighted by Crippen LogP contribution is -2.39. The summed E-state index contributed by atoms with van der Waals surface area (Å²) >= 11 is 5.25. The molecule has 5 heteroatoms. The van der Waals surface area contributed by atoms with Crippen molar-refractivity contribution in [2.45, 2.75) is 18.8 Å². The average Bonchev–Trinajstić information content (AvgIpc) is 3.06. The van der Waals surface area contributed by atoms with Crippen molar-refractivity contribution in [3.8, 4) is 0 Å².